The van der Waals surface area contributed by atoms with Crippen LogP contribution in [0.3, 0.4) is 0 Å². The maximum Gasteiger partial charge on any atom is 0.223 e. The number of carbonyl (C=O) groups is 2. The van der Waals surface area contributed by atoms with Crippen LogP contribution in [0.1, 0.15) is 63.9 Å². The van der Waals surface area contributed by atoms with Crippen LogP contribution in [0.15, 0.2) is 24.3 Å². The summed E-state index contributed by atoms with van der Waals surface area (Å²) in [7, 11) is 1.77. The summed E-state index contributed by atoms with van der Waals surface area (Å²) in [6, 6.07) is 8.03. The van der Waals surface area contributed by atoms with Crippen LogP contribution in [0.2, 0.25) is 0 Å². The van der Waals surface area contributed by atoms with E-state index in [-0.39, 0.29) is 30.7 Å². The number of nitrogens with zero attached hydrogens (tertiary/aromatic N) is 1. The minimum atomic E-state index is -0.0210. The molecule has 26 heavy (non-hydrogen) atoms. The van der Waals surface area contributed by atoms with Gasteiger partial charge in [0.1, 0.15) is 5.75 Å². The normalized spacial score (nSPS) is 15.2. The topological polar surface area (TPSA) is 58.6 Å². The van der Waals surface area contributed by atoms with Crippen molar-refractivity contribution in [2.75, 3.05) is 13.7 Å². The highest BCUT2D eigenvalue weighted by Crippen LogP contribution is 2.20. The lowest BCUT2D eigenvalue weighted by Crippen LogP contribution is -2.35. The smallest absolute Gasteiger partial charge is 0.223 e. The van der Waals surface area contributed by atoms with E-state index in [2.05, 4.69) is 5.32 Å². The molecule has 1 aromatic carbocycles. The van der Waals surface area contributed by atoms with Crippen LogP contribution < -0.4 is 10.1 Å². The third-order valence-electron chi connectivity index (χ3n) is 4.89. The monoisotopic (exact) mass is 360 g/mol. The number of rotatable bonds is 8. The van der Waals surface area contributed by atoms with E-state index >= 15 is 0 Å². The van der Waals surface area contributed by atoms with Crippen molar-refractivity contribution in [1.29, 1.82) is 0 Å². The molecular weight excluding hydrogens is 328 g/mol. The Hall–Kier alpha value is -2.04. The second-order valence-corrected chi connectivity index (χ2v) is 7.05. The molecule has 1 aliphatic carbocycles. The number of amides is 2. The van der Waals surface area contributed by atoms with E-state index < -0.39 is 0 Å². The molecule has 2 rings (SSSR count). The molecule has 0 saturated heterocycles. The van der Waals surface area contributed by atoms with Crippen LogP contribution in [-0.4, -0.2) is 36.4 Å². The van der Waals surface area contributed by atoms with Gasteiger partial charge in [0.2, 0.25) is 11.8 Å². The third kappa shape index (κ3) is 6.70. The first-order valence-electron chi connectivity index (χ1n) is 9.84. The van der Waals surface area contributed by atoms with Crippen LogP contribution in [0, 0.1) is 0 Å². The van der Waals surface area contributed by atoms with E-state index in [9.17, 15) is 9.59 Å². The maximum absolute atomic E-state index is 12.4. The second kappa shape index (κ2) is 10.8. The van der Waals surface area contributed by atoms with Gasteiger partial charge in [-0.15, -0.1) is 0 Å². The number of hydrogen-bond donors (Lipinski definition) is 1. The molecule has 0 radical (unpaired) electrons. The average Bonchev–Trinajstić information content (AvgIpc) is 2.90. The Morgan fingerprint density at radius 1 is 1.12 bits per heavy atom. The molecule has 0 unspecified atom stereocenters. The fraction of sp³-hybridized carbons (Fsp3) is 0.619. The van der Waals surface area contributed by atoms with Crippen LogP contribution >= 0.6 is 0 Å². The summed E-state index contributed by atoms with van der Waals surface area (Å²) in [5.74, 6) is 0.779. The van der Waals surface area contributed by atoms with E-state index in [1.165, 1.54) is 25.7 Å². The van der Waals surface area contributed by atoms with Gasteiger partial charge in [0.25, 0.3) is 0 Å². The Balaban J connectivity index is 1.77. The summed E-state index contributed by atoms with van der Waals surface area (Å²) in [4.78, 5) is 26.2. The highest BCUT2D eigenvalue weighted by Gasteiger charge is 2.17. The Bertz CT molecular complexity index is 580. The Kier molecular flexibility index (Phi) is 8.45. The van der Waals surface area contributed by atoms with Crippen molar-refractivity contribution in [3.05, 3.63) is 29.8 Å². The van der Waals surface area contributed by atoms with Crippen LogP contribution in [0.25, 0.3) is 0 Å². The quantitative estimate of drug-likeness (QED) is 0.720. The van der Waals surface area contributed by atoms with Gasteiger partial charge in [-0.25, -0.2) is 0 Å². The van der Waals surface area contributed by atoms with E-state index in [1.807, 2.05) is 31.2 Å². The molecule has 1 aliphatic rings. The number of benzene rings is 1. The lowest BCUT2D eigenvalue weighted by molar-refractivity contribution is -0.133. The summed E-state index contributed by atoms with van der Waals surface area (Å²) in [6.45, 7) is 3.02. The molecule has 0 aromatic heterocycles. The van der Waals surface area contributed by atoms with Crippen molar-refractivity contribution >= 4 is 11.8 Å². The lowest BCUT2D eigenvalue weighted by atomic mass is 10.1. The molecule has 0 atom stereocenters. The first-order chi connectivity index (χ1) is 12.6. The first-order valence-corrected chi connectivity index (χ1v) is 9.84. The largest absolute Gasteiger partial charge is 0.494 e. The summed E-state index contributed by atoms with van der Waals surface area (Å²) < 4.78 is 5.61. The zero-order valence-corrected chi connectivity index (χ0v) is 16.1. The molecule has 1 aromatic rings. The molecule has 1 fully saturated rings. The van der Waals surface area contributed by atoms with Gasteiger partial charge in [-0.2, -0.15) is 0 Å². The van der Waals surface area contributed by atoms with E-state index in [1.54, 1.807) is 11.9 Å². The number of hydrogen-bond acceptors (Lipinski definition) is 3. The van der Waals surface area contributed by atoms with Crippen molar-refractivity contribution in [2.45, 2.75) is 70.9 Å². The van der Waals surface area contributed by atoms with Gasteiger partial charge in [0.15, 0.2) is 0 Å². The fourth-order valence-electron chi connectivity index (χ4n) is 3.41. The van der Waals surface area contributed by atoms with Gasteiger partial charge in [0.05, 0.1) is 6.61 Å². The first kappa shape index (κ1) is 20.3. The van der Waals surface area contributed by atoms with Gasteiger partial charge >= 0.3 is 0 Å². The third-order valence-corrected chi connectivity index (χ3v) is 4.89. The van der Waals surface area contributed by atoms with Crippen molar-refractivity contribution in [3.8, 4) is 5.75 Å². The van der Waals surface area contributed by atoms with Gasteiger partial charge < -0.3 is 15.0 Å². The molecule has 5 nitrogen and oxygen atoms in total. The molecular formula is C21H32N2O3. The number of ether oxygens (including phenoxy) is 1. The molecule has 2 amide bonds. The number of nitrogens with one attached hydrogen (secondary N) is 1. The van der Waals surface area contributed by atoms with E-state index in [4.69, 9.17) is 4.74 Å². The van der Waals surface area contributed by atoms with E-state index in [0.29, 0.717) is 13.2 Å². The van der Waals surface area contributed by atoms with Gasteiger partial charge in [-0.1, -0.05) is 43.9 Å². The molecule has 0 heterocycles. The predicted molar refractivity (Wildman–Crippen MR) is 103 cm³/mol. The number of carbonyl (C=O) groups excluding carboxylic acids is 2. The molecule has 0 bridgehead atoms. The minimum absolute atomic E-state index is 0.00614. The predicted octanol–water partition coefficient (Wildman–Crippen LogP) is 3.66. The van der Waals surface area contributed by atoms with Crippen LogP contribution in [-0.2, 0) is 16.1 Å². The molecule has 1 N–H and O–H groups in total. The summed E-state index contributed by atoms with van der Waals surface area (Å²) in [6.07, 6.45) is 7.52. The molecule has 5 heteroatoms. The molecule has 0 aliphatic heterocycles. The number of para-hydroxylation sites is 1. The minimum Gasteiger partial charge on any atom is -0.494 e. The standard InChI is InChI=1S/C21H32N2O3/c1-3-26-19-13-9-8-10-17(19)16-23(2)21(25)15-14-20(24)22-18-11-6-4-5-7-12-18/h8-10,13,18H,3-7,11-12,14-16H2,1-2H3,(H,22,24). The maximum atomic E-state index is 12.4. The second-order valence-electron chi connectivity index (χ2n) is 7.05. The zero-order chi connectivity index (χ0) is 18.8. The highest BCUT2D eigenvalue weighted by atomic mass is 16.5. The Morgan fingerprint density at radius 2 is 1.81 bits per heavy atom. The summed E-state index contributed by atoms with van der Waals surface area (Å²) in [5, 5.41) is 3.10. The summed E-state index contributed by atoms with van der Waals surface area (Å²) >= 11 is 0. The fourth-order valence-corrected chi connectivity index (χ4v) is 3.41. The van der Waals surface area contributed by atoms with Gasteiger partial charge in [-0.3, -0.25) is 9.59 Å². The van der Waals surface area contributed by atoms with Crippen molar-refractivity contribution in [1.82, 2.24) is 10.2 Å². The average molecular weight is 360 g/mol. The van der Waals surface area contributed by atoms with Crippen molar-refractivity contribution in [3.63, 3.8) is 0 Å². The summed E-state index contributed by atoms with van der Waals surface area (Å²) in [5.41, 5.74) is 0.980. The van der Waals surface area contributed by atoms with Crippen molar-refractivity contribution in [2.24, 2.45) is 0 Å². The SMILES string of the molecule is CCOc1ccccc1CN(C)C(=O)CCC(=O)NC1CCCCCC1. The van der Waals surface area contributed by atoms with Gasteiger partial charge in [0, 0.05) is 38.0 Å². The lowest BCUT2D eigenvalue weighted by Gasteiger charge is -2.20. The molecule has 0 spiro atoms. The molecule has 1 saturated carbocycles. The molecule has 144 valence electrons. The van der Waals surface area contributed by atoms with E-state index in [0.717, 1.165) is 24.2 Å². The zero-order valence-electron chi connectivity index (χ0n) is 16.1. The highest BCUT2D eigenvalue weighted by molar-refractivity contribution is 5.83. The van der Waals surface area contributed by atoms with Crippen LogP contribution in [0.5, 0.6) is 5.75 Å². The van der Waals surface area contributed by atoms with Crippen LogP contribution in [0.4, 0.5) is 0 Å². The Morgan fingerprint density at radius 3 is 2.50 bits per heavy atom. The Labute approximate surface area is 157 Å². The van der Waals surface area contributed by atoms with Gasteiger partial charge in [-0.05, 0) is 25.8 Å². The van der Waals surface area contributed by atoms with Crippen molar-refractivity contribution < 1.29 is 14.3 Å².